The van der Waals surface area contributed by atoms with Gasteiger partial charge in [-0.05, 0) is 51.9 Å². The molecule has 5 heteroatoms. The van der Waals surface area contributed by atoms with Crippen LogP contribution in [0, 0.1) is 5.41 Å². The van der Waals surface area contributed by atoms with Crippen LogP contribution in [0.4, 0.5) is 0 Å². The van der Waals surface area contributed by atoms with Crippen LogP contribution in [-0.4, -0.2) is 34.5 Å². The van der Waals surface area contributed by atoms with Gasteiger partial charge in [-0.25, -0.2) is 0 Å². The lowest BCUT2D eigenvalue weighted by Crippen LogP contribution is -2.46. The highest BCUT2D eigenvalue weighted by atomic mass is 35.5. The summed E-state index contributed by atoms with van der Waals surface area (Å²) in [7, 11) is -2.48. The summed E-state index contributed by atoms with van der Waals surface area (Å²) in [6, 6.07) is 0.945. The Bertz CT molecular complexity index is 403. The van der Waals surface area contributed by atoms with E-state index >= 15 is 0 Å². The molecule has 0 aliphatic carbocycles. The molecule has 0 fully saturated rings. The zero-order valence-electron chi connectivity index (χ0n) is 23.9. The van der Waals surface area contributed by atoms with Crippen molar-refractivity contribution in [1.29, 1.82) is 0 Å². The van der Waals surface area contributed by atoms with Crippen molar-refractivity contribution in [2.75, 3.05) is 25.7 Å². The molecule has 0 aromatic rings. The predicted molar refractivity (Wildman–Crippen MR) is 153 cm³/mol. The largest absolute Gasteiger partial charge is 0.500 e. The van der Waals surface area contributed by atoms with Gasteiger partial charge in [0.15, 0.2) is 0 Å². The molecule has 0 saturated carbocycles. The molecule has 0 saturated heterocycles. The van der Waals surface area contributed by atoms with E-state index in [2.05, 4.69) is 13.8 Å². The Labute approximate surface area is 220 Å². The van der Waals surface area contributed by atoms with Crippen LogP contribution in [0.2, 0.25) is 6.04 Å². The zero-order chi connectivity index (χ0) is 25.4. The van der Waals surface area contributed by atoms with Crippen molar-refractivity contribution < 1.29 is 13.3 Å². The molecular formula is C29H61ClO3Si. The molecule has 0 unspecified atom stereocenters. The van der Waals surface area contributed by atoms with Crippen LogP contribution in [-0.2, 0) is 13.3 Å². The highest BCUT2D eigenvalue weighted by Gasteiger charge is 2.40. The summed E-state index contributed by atoms with van der Waals surface area (Å²) in [5.74, 6) is 0.833. The second-order valence-corrected chi connectivity index (χ2v) is 13.9. The minimum absolute atomic E-state index is 0.398. The average molecular weight is 521 g/mol. The topological polar surface area (TPSA) is 27.7 Å². The second kappa shape index (κ2) is 23.8. The molecule has 0 bridgehead atoms. The number of unbranched alkanes of at least 4 members (excludes halogenated alkanes) is 14. The van der Waals surface area contributed by atoms with Gasteiger partial charge in [-0.1, -0.05) is 104 Å². The second-order valence-electron chi connectivity index (χ2n) is 10.7. The molecule has 206 valence electrons. The highest BCUT2D eigenvalue weighted by molar-refractivity contribution is 6.60. The van der Waals surface area contributed by atoms with Gasteiger partial charge >= 0.3 is 8.80 Å². The highest BCUT2D eigenvalue weighted by Crippen LogP contribution is 2.32. The molecule has 0 amide bonds. The summed E-state index contributed by atoms with van der Waals surface area (Å²) < 4.78 is 18.0. The van der Waals surface area contributed by atoms with Gasteiger partial charge in [0.2, 0.25) is 0 Å². The summed E-state index contributed by atoms with van der Waals surface area (Å²) in [5.41, 5.74) is 0.398. The summed E-state index contributed by atoms with van der Waals surface area (Å²) in [6.07, 6.45) is 24.6. The Balaban J connectivity index is 3.68. The Morgan fingerprint density at radius 1 is 0.500 bits per heavy atom. The maximum absolute atomic E-state index is 6.01. The first-order chi connectivity index (χ1) is 16.4. The molecule has 0 atom stereocenters. The van der Waals surface area contributed by atoms with Crippen LogP contribution in [0.5, 0.6) is 0 Å². The van der Waals surface area contributed by atoms with Crippen molar-refractivity contribution in [3.63, 3.8) is 0 Å². The maximum atomic E-state index is 6.01. The standard InChI is InChI=1S/C29H61ClO3Si/c1-6-31-34(32-7-2,33-8-3)28-24-26-29(4,5)25-22-20-18-16-14-12-10-9-11-13-15-17-19-21-23-27-30/h6-28H2,1-5H3. The third kappa shape index (κ3) is 20.6. The van der Waals surface area contributed by atoms with E-state index < -0.39 is 8.80 Å². The van der Waals surface area contributed by atoms with Gasteiger partial charge < -0.3 is 13.3 Å². The molecule has 3 nitrogen and oxygen atoms in total. The van der Waals surface area contributed by atoms with Crippen molar-refractivity contribution in [2.45, 2.75) is 156 Å². The molecule has 0 N–H and O–H groups in total. The van der Waals surface area contributed by atoms with Crippen molar-refractivity contribution in [2.24, 2.45) is 5.41 Å². The predicted octanol–water partition coefficient (Wildman–Crippen LogP) is 10.3. The number of halogens is 1. The van der Waals surface area contributed by atoms with Crippen molar-refractivity contribution in [3.8, 4) is 0 Å². The molecule has 0 radical (unpaired) electrons. The molecule has 0 aliphatic rings. The Kier molecular flexibility index (Phi) is 24.0. The van der Waals surface area contributed by atoms with E-state index in [1.54, 1.807) is 0 Å². The average Bonchev–Trinajstić information content (AvgIpc) is 2.79. The normalized spacial score (nSPS) is 12.5. The lowest BCUT2D eigenvalue weighted by molar-refractivity contribution is 0.0698. The lowest BCUT2D eigenvalue weighted by atomic mass is 9.82. The van der Waals surface area contributed by atoms with Gasteiger partial charge in [-0.2, -0.15) is 0 Å². The monoisotopic (exact) mass is 520 g/mol. The molecule has 0 aliphatic heterocycles. The van der Waals surface area contributed by atoms with E-state index in [-0.39, 0.29) is 0 Å². The third-order valence-electron chi connectivity index (χ3n) is 6.92. The minimum atomic E-state index is -2.48. The fourth-order valence-corrected chi connectivity index (χ4v) is 7.71. The van der Waals surface area contributed by atoms with Crippen LogP contribution in [0.1, 0.15) is 150 Å². The van der Waals surface area contributed by atoms with E-state index in [0.717, 1.165) is 18.3 Å². The SMILES string of the molecule is CCO[Si](CCCC(C)(C)CCCCCCCCCCCCCCCCCCl)(OCC)OCC. The molecule has 0 aromatic carbocycles. The molecule has 0 rings (SSSR count). The van der Waals surface area contributed by atoms with Crippen molar-refractivity contribution in [3.05, 3.63) is 0 Å². The molecule has 0 spiro atoms. The van der Waals surface area contributed by atoms with E-state index in [4.69, 9.17) is 24.9 Å². The van der Waals surface area contributed by atoms with Crippen LogP contribution in [0.15, 0.2) is 0 Å². The van der Waals surface area contributed by atoms with E-state index in [9.17, 15) is 0 Å². The van der Waals surface area contributed by atoms with E-state index in [1.165, 1.54) is 109 Å². The van der Waals surface area contributed by atoms with Gasteiger partial charge in [0.1, 0.15) is 0 Å². The molecule has 0 aromatic heterocycles. The smallest absolute Gasteiger partial charge is 0.374 e. The number of rotatable bonds is 27. The van der Waals surface area contributed by atoms with Crippen LogP contribution in [0.3, 0.4) is 0 Å². The first kappa shape index (κ1) is 34.4. The van der Waals surface area contributed by atoms with Gasteiger partial charge in [0.05, 0.1) is 0 Å². The summed E-state index contributed by atoms with van der Waals surface area (Å²) in [5, 5.41) is 0. The number of hydrogen-bond donors (Lipinski definition) is 0. The van der Waals surface area contributed by atoms with Gasteiger partial charge in [-0.3, -0.25) is 0 Å². The van der Waals surface area contributed by atoms with E-state index in [1.807, 2.05) is 20.8 Å². The van der Waals surface area contributed by atoms with Crippen LogP contribution >= 0.6 is 11.6 Å². The third-order valence-corrected chi connectivity index (χ3v) is 10.3. The maximum Gasteiger partial charge on any atom is 0.500 e. The molecule has 0 heterocycles. The number of alkyl halides is 1. The molecule has 34 heavy (non-hydrogen) atoms. The van der Waals surface area contributed by atoms with Crippen LogP contribution in [0.25, 0.3) is 0 Å². The molecular weight excluding hydrogens is 460 g/mol. The number of hydrogen-bond acceptors (Lipinski definition) is 3. The Morgan fingerprint density at radius 2 is 0.824 bits per heavy atom. The summed E-state index contributed by atoms with van der Waals surface area (Å²) in [4.78, 5) is 0. The van der Waals surface area contributed by atoms with E-state index in [0.29, 0.717) is 25.2 Å². The Morgan fingerprint density at radius 3 is 1.18 bits per heavy atom. The van der Waals surface area contributed by atoms with Gasteiger partial charge in [0, 0.05) is 31.7 Å². The van der Waals surface area contributed by atoms with Crippen LogP contribution < -0.4 is 0 Å². The minimum Gasteiger partial charge on any atom is -0.374 e. The quantitative estimate of drug-likeness (QED) is 0.0612. The zero-order valence-corrected chi connectivity index (χ0v) is 25.6. The van der Waals surface area contributed by atoms with Crippen molar-refractivity contribution >= 4 is 20.4 Å². The lowest BCUT2D eigenvalue weighted by Gasteiger charge is -2.30. The first-order valence-corrected chi connectivity index (χ1v) is 17.4. The summed E-state index contributed by atoms with van der Waals surface area (Å²) in [6.45, 7) is 13.0. The fourth-order valence-electron chi connectivity index (χ4n) is 4.91. The van der Waals surface area contributed by atoms with Crippen molar-refractivity contribution in [1.82, 2.24) is 0 Å². The summed E-state index contributed by atoms with van der Waals surface area (Å²) >= 11 is 5.72. The first-order valence-electron chi connectivity index (χ1n) is 14.9. The van der Waals surface area contributed by atoms with Gasteiger partial charge in [0.25, 0.3) is 0 Å². The van der Waals surface area contributed by atoms with Gasteiger partial charge in [-0.15, -0.1) is 11.6 Å². The Hall–Kier alpha value is 0.387. The fraction of sp³-hybridized carbons (Fsp3) is 1.00.